The molecule has 0 radical (unpaired) electrons. The van der Waals surface area contributed by atoms with Gasteiger partial charge in [-0.3, -0.25) is 9.12 Å². The van der Waals surface area contributed by atoms with Gasteiger partial charge in [-0.15, -0.1) is 6.58 Å². The average molecular weight is 426 g/mol. The second-order valence-electron chi connectivity index (χ2n) is 6.17. The van der Waals surface area contributed by atoms with Crippen LogP contribution in [0.15, 0.2) is 67.3 Å². The van der Waals surface area contributed by atoms with Crippen molar-refractivity contribution < 1.29 is 32.0 Å². The molecule has 0 aromatic heterocycles. The van der Waals surface area contributed by atoms with E-state index in [9.17, 15) is 22.4 Å². The summed E-state index contributed by atoms with van der Waals surface area (Å²) in [6, 6.07) is 15.8. The summed E-state index contributed by atoms with van der Waals surface area (Å²) in [4.78, 5) is 13.1. The first-order chi connectivity index (χ1) is 13.2. The number of hydrogen-bond acceptors (Lipinski definition) is 5. The highest BCUT2D eigenvalue weighted by Crippen LogP contribution is 2.52. The average Bonchev–Trinajstić information content (AvgIpc) is 2.64. The molecule has 2 aromatic carbocycles. The van der Waals surface area contributed by atoms with Crippen LogP contribution in [0.5, 0.6) is 5.75 Å². The van der Waals surface area contributed by atoms with Crippen LogP contribution in [0, 0.1) is 0 Å². The van der Waals surface area contributed by atoms with Gasteiger partial charge < -0.3 is 9.78 Å². The number of aryl methyl sites for hydroxylation is 1. The fourth-order valence-corrected chi connectivity index (χ4v) is 5.37. The van der Waals surface area contributed by atoms with Gasteiger partial charge in [0, 0.05) is 5.56 Å². The van der Waals surface area contributed by atoms with Gasteiger partial charge in [0.2, 0.25) is 0 Å². The normalized spacial score (nSPS) is 14.8. The molecular weight excluding hydrogens is 403 g/mol. The molecule has 0 saturated heterocycles. The Bertz CT molecular complexity index is 928. The Hall–Kier alpha value is -1.96. The van der Waals surface area contributed by atoms with E-state index in [1.165, 1.54) is 6.07 Å². The lowest BCUT2D eigenvalue weighted by atomic mass is 10.1. The van der Waals surface area contributed by atoms with E-state index in [2.05, 4.69) is 11.3 Å². The van der Waals surface area contributed by atoms with E-state index in [0.29, 0.717) is 18.4 Å². The zero-order valence-electron chi connectivity index (χ0n) is 15.2. The lowest BCUT2D eigenvalue weighted by Crippen LogP contribution is -2.23. The number of benzene rings is 2. The van der Waals surface area contributed by atoms with E-state index < -0.39 is 22.7 Å². The minimum atomic E-state index is -4.84. The molecule has 28 heavy (non-hydrogen) atoms. The van der Waals surface area contributed by atoms with E-state index >= 15 is 0 Å². The summed E-state index contributed by atoms with van der Waals surface area (Å²) >= 11 is 0. The van der Waals surface area contributed by atoms with E-state index in [1.807, 2.05) is 30.3 Å². The van der Waals surface area contributed by atoms with Crippen molar-refractivity contribution in [3.63, 3.8) is 0 Å². The molecule has 0 aliphatic heterocycles. The minimum absolute atomic E-state index is 0.162. The predicted molar refractivity (Wildman–Crippen MR) is 107 cm³/mol. The number of hydrogen-bond donors (Lipinski definition) is 2. The van der Waals surface area contributed by atoms with Gasteiger partial charge in [-0.05, 0) is 37.3 Å². The first-order valence-electron chi connectivity index (χ1n) is 8.62. The summed E-state index contributed by atoms with van der Waals surface area (Å²) in [5.41, 5.74) is 1.59. The molecule has 2 unspecified atom stereocenters. The summed E-state index contributed by atoms with van der Waals surface area (Å²) in [5, 5.41) is 0. The summed E-state index contributed by atoms with van der Waals surface area (Å²) in [7, 11) is -9.67. The molecule has 2 atom stereocenters. The highest BCUT2D eigenvalue weighted by molar-refractivity contribution is 7.93. The maximum Gasteiger partial charge on any atom is 0.386 e. The van der Waals surface area contributed by atoms with Crippen molar-refractivity contribution in [3.8, 4) is 5.75 Å². The maximum absolute atomic E-state index is 12.5. The van der Waals surface area contributed by atoms with Crippen LogP contribution in [0.3, 0.4) is 0 Å². The molecule has 0 fully saturated rings. The van der Waals surface area contributed by atoms with Crippen molar-refractivity contribution in [1.82, 2.24) is 0 Å². The Balaban J connectivity index is 2.07. The van der Waals surface area contributed by atoms with Gasteiger partial charge in [0.05, 0.1) is 0 Å². The van der Waals surface area contributed by atoms with Crippen LogP contribution in [0.4, 0.5) is 0 Å². The highest BCUT2D eigenvalue weighted by atomic mass is 32.2. The quantitative estimate of drug-likeness (QED) is 0.183. The molecule has 0 heterocycles. The molecule has 2 aromatic rings. The third-order valence-corrected chi connectivity index (χ3v) is 7.83. The van der Waals surface area contributed by atoms with Crippen LogP contribution in [-0.4, -0.2) is 22.9 Å². The number of para-hydroxylation sites is 1. The standard InChI is InChI=1S/C19H23O7PS/c1-2-9-17-13-6-7-14-18(17)25-26-27(20,21)19(28(22,23)24)15-8-12-16-10-4-3-5-11-16/h2-7,10-11,13-14,19H,1,8-9,12,15H2,(H,20,21)(H,22,23,24). The monoisotopic (exact) mass is 426 g/mol. The molecule has 2 N–H and O–H groups in total. The van der Waals surface area contributed by atoms with Gasteiger partial charge in [-0.2, -0.15) is 8.42 Å². The Morgan fingerprint density at radius 3 is 2.39 bits per heavy atom. The summed E-state index contributed by atoms with van der Waals surface area (Å²) in [5.74, 6) is 0.162. The van der Waals surface area contributed by atoms with Crippen molar-refractivity contribution in [1.29, 1.82) is 0 Å². The molecule has 0 amide bonds. The topological polar surface area (TPSA) is 110 Å². The zero-order chi connectivity index (χ0) is 20.6. The van der Waals surface area contributed by atoms with E-state index in [0.717, 1.165) is 5.56 Å². The molecule has 0 bridgehead atoms. The molecule has 9 heteroatoms. The van der Waals surface area contributed by atoms with Gasteiger partial charge in [0.25, 0.3) is 10.1 Å². The molecule has 0 aliphatic carbocycles. The fourth-order valence-electron chi connectivity index (χ4n) is 2.66. The van der Waals surface area contributed by atoms with Gasteiger partial charge in [-0.25, -0.2) is 0 Å². The van der Waals surface area contributed by atoms with Crippen molar-refractivity contribution in [2.24, 2.45) is 0 Å². The molecule has 152 valence electrons. The Morgan fingerprint density at radius 2 is 1.75 bits per heavy atom. The molecule has 0 aliphatic rings. The Kier molecular flexibility index (Phi) is 7.98. The highest BCUT2D eigenvalue weighted by Gasteiger charge is 2.43. The molecule has 0 saturated carbocycles. The van der Waals surface area contributed by atoms with Gasteiger partial charge in [-0.1, -0.05) is 59.3 Å². The van der Waals surface area contributed by atoms with Crippen LogP contribution >= 0.6 is 7.60 Å². The summed E-state index contributed by atoms with van der Waals surface area (Å²) in [6.07, 6.45) is 2.52. The van der Waals surface area contributed by atoms with Crippen LogP contribution in [0.1, 0.15) is 24.0 Å². The first kappa shape index (κ1) is 22.3. The first-order valence-corrected chi connectivity index (χ1v) is 11.8. The fraction of sp³-hybridized carbons (Fsp3) is 0.263. The molecule has 2 rings (SSSR count). The van der Waals surface area contributed by atoms with E-state index in [-0.39, 0.29) is 18.6 Å². The van der Waals surface area contributed by atoms with Gasteiger partial charge in [0.15, 0.2) is 10.7 Å². The predicted octanol–water partition coefficient (Wildman–Crippen LogP) is 4.15. The van der Waals surface area contributed by atoms with Gasteiger partial charge in [0.1, 0.15) is 0 Å². The van der Waals surface area contributed by atoms with Crippen LogP contribution in [0.2, 0.25) is 0 Å². The molecule has 7 nitrogen and oxygen atoms in total. The van der Waals surface area contributed by atoms with Crippen molar-refractivity contribution in [2.75, 3.05) is 0 Å². The number of allylic oxidation sites excluding steroid dienone is 1. The number of rotatable bonds is 11. The smallest absolute Gasteiger partial charge is 0.329 e. The largest absolute Gasteiger partial charge is 0.386 e. The maximum atomic E-state index is 12.5. The van der Waals surface area contributed by atoms with Crippen molar-refractivity contribution in [2.45, 2.75) is 30.7 Å². The van der Waals surface area contributed by atoms with Crippen LogP contribution < -0.4 is 4.89 Å². The second kappa shape index (κ2) is 10.0. The van der Waals surface area contributed by atoms with Crippen molar-refractivity contribution >= 4 is 17.7 Å². The van der Waals surface area contributed by atoms with Crippen molar-refractivity contribution in [3.05, 3.63) is 78.4 Å². The van der Waals surface area contributed by atoms with Crippen LogP contribution in [-0.2, 0) is 32.2 Å². The van der Waals surface area contributed by atoms with Gasteiger partial charge >= 0.3 is 7.60 Å². The van der Waals surface area contributed by atoms with E-state index in [1.54, 1.807) is 24.3 Å². The lowest BCUT2D eigenvalue weighted by molar-refractivity contribution is -0.110. The minimum Gasteiger partial charge on any atom is -0.329 e. The Labute approximate surface area is 164 Å². The van der Waals surface area contributed by atoms with E-state index in [4.69, 9.17) is 4.89 Å². The lowest BCUT2D eigenvalue weighted by Gasteiger charge is -2.19. The third kappa shape index (κ3) is 6.58. The van der Waals surface area contributed by atoms with Crippen LogP contribution in [0.25, 0.3) is 0 Å². The second-order valence-corrected chi connectivity index (χ2v) is 10.0. The SMILES string of the molecule is C=CCc1ccccc1OOP(=O)(O)C(CCCc1ccccc1)S(=O)(=O)O. The summed E-state index contributed by atoms with van der Waals surface area (Å²) in [6.45, 7) is 3.61. The molecular formula is C19H23O7PS. The third-order valence-electron chi connectivity index (χ3n) is 4.04. The summed E-state index contributed by atoms with van der Waals surface area (Å²) < 4.78 is 49.9. The molecule has 0 spiro atoms. The Morgan fingerprint density at radius 1 is 1.11 bits per heavy atom. The zero-order valence-corrected chi connectivity index (χ0v) is 16.9.